The Labute approximate surface area is 105 Å². The van der Waals surface area contributed by atoms with E-state index in [2.05, 4.69) is 0 Å². The first-order valence-corrected chi connectivity index (χ1v) is 5.66. The molecule has 0 N–H and O–H groups in total. The number of nitrogens with zero attached hydrogens (tertiary/aromatic N) is 1. The largest absolute Gasteiger partial charge is 0.282 e. The van der Waals surface area contributed by atoms with E-state index in [4.69, 9.17) is 11.6 Å². The Kier molecular flexibility index (Phi) is 3.45. The molecule has 2 nitrogen and oxygen atoms in total. The smallest absolute Gasteiger partial charge is 0.218 e. The number of hydrogen-bond donors (Lipinski definition) is 0. The molecule has 0 aromatic heterocycles. The highest BCUT2D eigenvalue weighted by molar-refractivity contribution is 6.33. The van der Waals surface area contributed by atoms with E-state index in [1.165, 1.54) is 4.90 Å². The maximum absolute atomic E-state index is 11.2. The minimum atomic E-state index is 0.556. The molecule has 0 aliphatic rings. The lowest BCUT2D eigenvalue weighted by atomic mass is 10.2. The molecule has 0 spiro atoms. The summed E-state index contributed by atoms with van der Waals surface area (Å²) in [7, 11) is 0. The summed E-state index contributed by atoms with van der Waals surface area (Å²) in [5.41, 5.74) is 2.64. The van der Waals surface area contributed by atoms with Crippen LogP contribution in [-0.2, 0) is 4.79 Å². The molecule has 0 saturated heterocycles. The van der Waals surface area contributed by atoms with Gasteiger partial charge in [0.05, 0.1) is 10.7 Å². The first-order valence-electron chi connectivity index (χ1n) is 5.28. The molecule has 1 amide bonds. The number of benzene rings is 2. The number of anilines is 2. The summed E-state index contributed by atoms with van der Waals surface area (Å²) in [6.07, 6.45) is 0.770. The number of para-hydroxylation sites is 1. The van der Waals surface area contributed by atoms with Crippen LogP contribution in [-0.4, -0.2) is 6.41 Å². The molecule has 0 bridgehead atoms. The van der Waals surface area contributed by atoms with Crippen LogP contribution in [0.2, 0.25) is 5.02 Å². The third kappa shape index (κ3) is 2.48. The van der Waals surface area contributed by atoms with Gasteiger partial charge < -0.3 is 0 Å². The standard InChI is InChI=1S/C14H12ClNO/c1-11-6-8-12(9-7-11)16(10-17)14-5-3-2-4-13(14)15/h2-10H,1H3. The van der Waals surface area contributed by atoms with Crippen molar-refractivity contribution in [2.45, 2.75) is 6.92 Å². The molecule has 0 heterocycles. The molecule has 2 rings (SSSR count). The first-order chi connectivity index (χ1) is 8.22. The molecule has 2 aromatic carbocycles. The maximum atomic E-state index is 11.2. The molecule has 3 heteroatoms. The molecule has 0 radical (unpaired) electrons. The Hall–Kier alpha value is -1.80. The van der Waals surface area contributed by atoms with E-state index in [0.29, 0.717) is 10.7 Å². The lowest BCUT2D eigenvalue weighted by Crippen LogP contribution is -2.14. The van der Waals surface area contributed by atoms with Crippen LogP contribution in [0.5, 0.6) is 0 Å². The van der Waals surface area contributed by atoms with Gasteiger partial charge in [0.25, 0.3) is 0 Å². The fourth-order valence-electron chi connectivity index (χ4n) is 1.61. The van der Waals surface area contributed by atoms with Crippen LogP contribution in [0, 0.1) is 6.92 Å². The fraction of sp³-hybridized carbons (Fsp3) is 0.0714. The number of rotatable bonds is 3. The Morgan fingerprint density at radius 3 is 2.29 bits per heavy atom. The Morgan fingerprint density at radius 1 is 1.06 bits per heavy atom. The van der Waals surface area contributed by atoms with Gasteiger partial charge in [-0.15, -0.1) is 0 Å². The minimum absolute atomic E-state index is 0.556. The van der Waals surface area contributed by atoms with Crippen LogP contribution in [0.4, 0.5) is 11.4 Å². The quantitative estimate of drug-likeness (QED) is 0.750. The normalized spacial score (nSPS) is 10.0. The topological polar surface area (TPSA) is 20.3 Å². The van der Waals surface area contributed by atoms with Gasteiger partial charge in [0.2, 0.25) is 6.41 Å². The van der Waals surface area contributed by atoms with E-state index >= 15 is 0 Å². The lowest BCUT2D eigenvalue weighted by Gasteiger charge is -2.18. The zero-order valence-electron chi connectivity index (χ0n) is 9.43. The average molecular weight is 246 g/mol. The van der Waals surface area contributed by atoms with Crippen molar-refractivity contribution in [1.82, 2.24) is 0 Å². The summed E-state index contributed by atoms with van der Waals surface area (Å²) in [5.74, 6) is 0. The Morgan fingerprint density at radius 2 is 1.71 bits per heavy atom. The molecule has 0 atom stereocenters. The van der Waals surface area contributed by atoms with Crippen LogP contribution in [0.15, 0.2) is 48.5 Å². The molecule has 2 aromatic rings. The van der Waals surface area contributed by atoms with Gasteiger partial charge in [0.1, 0.15) is 0 Å². The number of carbonyl (C=O) groups excluding carboxylic acids is 1. The second kappa shape index (κ2) is 5.02. The number of carbonyl (C=O) groups is 1. The molecule has 86 valence electrons. The van der Waals surface area contributed by atoms with Crippen LogP contribution in [0.25, 0.3) is 0 Å². The molecule has 0 saturated carbocycles. The SMILES string of the molecule is Cc1ccc(N(C=O)c2ccccc2Cl)cc1. The second-order valence-corrected chi connectivity index (χ2v) is 4.17. The minimum Gasteiger partial charge on any atom is -0.282 e. The van der Waals surface area contributed by atoms with Gasteiger partial charge in [-0.05, 0) is 31.2 Å². The van der Waals surface area contributed by atoms with Gasteiger partial charge in [-0.3, -0.25) is 9.69 Å². The average Bonchev–Trinajstić information content (AvgIpc) is 2.35. The molecule has 0 aliphatic carbocycles. The van der Waals surface area contributed by atoms with Gasteiger partial charge in [0.15, 0.2) is 0 Å². The monoisotopic (exact) mass is 245 g/mol. The summed E-state index contributed by atoms with van der Waals surface area (Å²) in [4.78, 5) is 12.7. The number of halogens is 1. The summed E-state index contributed by atoms with van der Waals surface area (Å²) < 4.78 is 0. The van der Waals surface area contributed by atoms with Crippen LogP contribution in [0.3, 0.4) is 0 Å². The van der Waals surface area contributed by atoms with Gasteiger partial charge in [-0.2, -0.15) is 0 Å². The molecule has 0 unspecified atom stereocenters. The fourth-order valence-corrected chi connectivity index (χ4v) is 1.84. The van der Waals surface area contributed by atoms with E-state index in [-0.39, 0.29) is 0 Å². The van der Waals surface area contributed by atoms with E-state index in [9.17, 15) is 4.79 Å². The third-order valence-electron chi connectivity index (χ3n) is 2.53. The zero-order chi connectivity index (χ0) is 12.3. The maximum Gasteiger partial charge on any atom is 0.218 e. The molecular weight excluding hydrogens is 234 g/mol. The molecule has 0 aliphatic heterocycles. The summed E-state index contributed by atoms with van der Waals surface area (Å²) in [6, 6.07) is 15.0. The van der Waals surface area contributed by atoms with Gasteiger partial charge in [-0.25, -0.2) is 0 Å². The third-order valence-corrected chi connectivity index (χ3v) is 2.85. The highest BCUT2D eigenvalue weighted by atomic mass is 35.5. The molecular formula is C14H12ClNO. The highest BCUT2D eigenvalue weighted by Crippen LogP contribution is 2.30. The van der Waals surface area contributed by atoms with E-state index in [0.717, 1.165) is 17.7 Å². The van der Waals surface area contributed by atoms with Gasteiger partial charge in [-0.1, -0.05) is 41.4 Å². The zero-order valence-corrected chi connectivity index (χ0v) is 10.2. The van der Waals surface area contributed by atoms with Crippen molar-refractivity contribution in [2.75, 3.05) is 4.90 Å². The van der Waals surface area contributed by atoms with Crippen LogP contribution < -0.4 is 4.90 Å². The van der Waals surface area contributed by atoms with Crippen LogP contribution >= 0.6 is 11.6 Å². The van der Waals surface area contributed by atoms with Crippen molar-refractivity contribution >= 4 is 29.4 Å². The van der Waals surface area contributed by atoms with Gasteiger partial charge in [0, 0.05) is 5.69 Å². The lowest BCUT2D eigenvalue weighted by molar-refractivity contribution is -0.106. The van der Waals surface area contributed by atoms with E-state index in [1.54, 1.807) is 6.07 Å². The summed E-state index contributed by atoms with van der Waals surface area (Å²) >= 11 is 6.08. The van der Waals surface area contributed by atoms with Crippen molar-refractivity contribution in [1.29, 1.82) is 0 Å². The first kappa shape index (κ1) is 11.7. The second-order valence-electron chi connectivity index (χ2n) is 3.76. The van der Waals surface area contributed by atoms with Crippen molar-refractivity contribution in [3.8, 4) is 0 Å². The number of aryl methyl sites for hydroxylation is 1. The highest BCUT2D eigenvalue weighted by Gasteiger charge is 2.10. The summed E-state index contributed by atoms with van der Waals surface area (Å²) in [5, 5.41) is 0.556. The van der Waals surface area contributed by atoms with E-state index < -0.39 is 0 Å². The molecule has 17 heavy (non-hydrogen) atoms. The Bertz CT molecular complexity index is 522. The Balaban J connectivity index is 2.44. The van der Waals surface area contributed by atoms with Crippen molar-refractivity contribution in [2.24, 2.45) is 0 Å². The predicted octanol–water partition coefficient (Wildman–Crippen LogP) is 3.94. The number of hydrogen-bond acceptors (Lipinski definition) is 1. The molecule has 0 fully saturated rings. The van der Waals surface area contributed by atoms with Crippen molar-refractivity contribution in [3.05, 3.63) is 59.1 Å². The predicted molar refractivity (Wildman–Crippen MR) is 70.8 cm³/mol. The van der Waals surface area contributed by atoms with Crippen molar-refractivity contribution < 1.29 is 4.79 Å². The van der Waals surface area contributed by atoms with Crippen molar-refractivity contribution in [3.63, 3.8) is 0 Å². The van der Waals surface area contributed by atoms with Gasteiger partial charge >= 0.3 is 0 Å². The van der Waals surface area contributed by atoms with E-state index in [1.807, 2.05) is 49.4 Å². The summed E-state index contributed by atoms with van der Waals surface area (Å²) in [6.45, 7) is 2.00. The number of amides is 1. The van der Waals surface area contributed by atoms with Crippen LogP contribution in [0.1, 0.15) is 5.56 Å².